The van der Waals surface area contributed by atoms with Gasteiger partial charge >= 0.3 is 0 Å². The van der Waals surface area contributed by atoms with Gasteiger partial charge in [0.2, 0.25) is 0 Å². The molecule has 0 nitrogen and oxygen atoms in total. The van der Waals surface area contributed by atoms with Crippen molar-refractivity contribution in [3.63, 3.8) is 0 Å². The Hall–Kier alpha value is -1.05. The van der Waals surface area contributed by atoms with Crippen LogP contribution in [-0.4, -0.2) is 0 Å². The quantitative estimate of drug-likeness (QED) is 0.679. The summed E-state index contributed by atoms with van der Waals surface area (Å²) in [5.41, 5.74) is 1.57. The van der Waals surface area contributed by atoms with E-state index in [4.69, 9.17) is 0 Å². The molecule has 0 bridgehead atoms. The maximum Gasteiger partial charge on any atom is 0.131 e. The summed E-state index contributed by atoms with van der Waals surface area (Å²) in [5, 5.41) is 0. The SMILES string of the molecule is C.Cl.Cl.Fc1ccccc1-c1ccccc1. The van der Waals surface area contributed by atoms with E-state index in [0.29, 0.717) is 5.56 Å². The molecular weight excluding hydrogens is 246 g/mol. The number of halogens is 3. The van der Waals surface area contributed by atoms with Crippen LogP contribution in [0.15, 0.2) is 54.6 Å². The second-order valence-electron chi connectivity index (χ2n) is 2.85. The zero-order valence-electron chi connectivity index (χ0n) is 7.89. The van der Waals surface area contributed by atoms with E-state index in [-0.39, 0.29) is 38.1 Å². The molecule has 2 aromatic carbocycles. The van der Waals surface area contributed by atoms with E-state index in [1.807, 2.05) is 36.4 Å². The first kappa shape index (κ1) is 17.3. The molecule has 0 N–H and O–H groups in total. The topological polar surface area (TPSA) is 0 Å². The van der Waals surface area contributed by atoms with Gasteiger partial charge in [-0.3, -0.25) is 0 Å². The number of benzene rings is 2. The van der Waals surface area contributed by atoms with Crippen LogP contribution in [0, 0.1) is 5.82 Å². The van der Waals surface area contributed by atoms with Crippen LogP contribution >= 0.6 is 24.8 Å². The molecule has 0 aliphatic carbocycles. The van der Waals surface area contributed by atoms with Gasteiger partial charge in [-0.05, 0) is 11.6 Å². The molecule has 0 spiro atoms. The van der Waals surface area contributed by atoms with Crippen LogP contribution < -0.4 is 0 Å². The average Bonchev–Trinajstić information content (AvgIpc) is 2.20. The van der Waals surface area contributed by atoms with E-state index < -0.39 is 0 Å². The summed E-state index contributed by atoms with van der Waals surface area (Å²) in [6.07, 6.45) is 0. The summed E-state index contributed by atoms with van der Waals surface area (Å²) in [7, 11) is 0. The Kier molecular flexibility index (Phi) is 8.83. The lowest BCUT2D eigenvalue weighted by molar-refractivity contribution is 0.631. The van der Waals surface area contributed by atoms with Crippen molar-refractivity contribution in [3.8, 4) is 11.1 Å². The third-order valence-electron chi connectivity index (χ3n) is 1.96. The van der Waals surface area contributed by atoms with Gasteiger partial charge in [-0.15, -0.1) is 24.8 Å². The highest BCUT2D eigenvalue weighted by molar-refractivity contribution is 5.85. The van der Waals surface area contributed by atoms with Crippen LogP contribution in [0.3, 0.4) is 0 Å². The third kappa shape index (κ3) is 3.84. The maximum absolute atomic E-state index is 13.3. The number of hydrogen-bond donors (Lipinski definition) is 0. The van der Waals surface area contributed by atoms with Crippen molar-refractivity contribution >= 4 is 24.8 Å². The average molecular weight is 261 g/mol. The molecule has 0 aromatic heterocycles. The highest BCUT2D eigenvalue weighted by atomic mass is 35.5. The minimum absolute atomic E-state index is 0. The Labute approximate surface area is 108 Å². The summed E-state index contributed by atoms with van der Waals surface area (Å²) in [4.78, 5) is 0. The fraction of sp³-hybridized carbons (Fsp3) is 0.0769. The molecule has 88 valence electrons. The third-order valence-corrected chi connectivity index (χ3v) is 1.96. The fourth-order valence-corrected chi connectivity index (χ4v) is 1.31. The monoisotopic (exact) mass is 260 g/mol. The fourth-order valence-electron chi connectivity index (χ4n) is 1.31. The van der Waals surface area contributed by atoms with E-state index in [1.165, 1.54) is 6.07 Å². The first-order valence-corrected chi connectivity index (χ1v) is 4.18. The van der Waals surface area contributed by atoms with E-state index in [0.717, 1.165) is 5.56 Å². The van der Waals surface area contributed by atoms with Gasteiger partial charge in [0, 0.05) is 5.56 Å². The van der Waals surface area contributed by atoms with E-state index >= 15 is 0 Å². The van der Waals surface area contributed by atoms with E-state index in [1.54, 1.807) is 12.1 Å². The van der Waals surface area contributed by atoms with Crippen molar-refractivity contribution in [3.05, 3.63) is 60.4 Å². The molecule has 2 rings (SSSR count). The number of hydrogen-bond acceptors (Lipinski definition) is 0. The second kappa shape index (κ2) is 8.14. The van der Waals surface area contributed by atoms with Crippen LogP contribution in [-0.2, 0) is 0 Å². The molecule has 0 aliphatic rings. The molecular formula is C13H15Cl2F. The molecule has 0 amide bonds. The zero-order valence-corrected chi connectivity index (χ0v) is 9.52. The van der Waals surface area contributed by atoms with E-state index in [2.05, 4.69) is 0 Å². The minimum atomic E-state index is -0.172. The first-order valence-electron chi connectivity index (χ1n) is 4.18. The van der Waals surface area contributed by atoms with Gasteiger partial charge < -0.3 is 0 Å². The lowest BCUT2D eigenvalue weighted by Crippen LogP contribution is -1.81. The summed E-state index contributed by atoms with van der Waals surface area (Å²) in [6, 6.07) is 16.3. The zero-order chi connectivity index (χ0) is 9.10. The van der Waals surface area contributed by atoms with Crippen LogP contribution in [0.5, 0.6) is 0 Å². The Balaban J connectivity index is 0. The minimum Gasteiger partial charge on any atom is -0.206 e. The molecule has 3 heteroatoms. The van der Waals surface area contributed by atoms with Crippen molar-refractivity contribution in [2.75, 3.05) is 0 Å². The van der Waals surface area contributed by atoms with Crippen molar-refractivity contribution < 1.29 is 4.39 Å². The van der Waals surface area contributed by atoms with Crippen LogP contribution in [0.2, 0.25) is 0 Å². The van der Waals surface area contributed by atoms with Crippen LogP contribution in [0.1, 0.15) is 7.43 Å². The standard InChI is InChI=1S/C12H9F.CH4.2ClH/c13-12-9-5-4-8-11(12)10-6-2-1-3-7-10;;;/h1-9H;1H4;2*1H. The predicted molar refractivity (Wildman–Crippen MR) is 73.1 cm³/mol. The Morgan fingerprint density at radius 3 is 1.75 bits per heavy atom. The maximum atomic E-state index is 13.3. The lowest BCUT2D eigenvalue weighted by atomic mass is 10.1. The molecule has 16 heavy (non-hydrogen) atoms. The van der Waals surface area contributed by atoms with Gasteiger partial charge in [0.1, 0.15) is 5.82 Å². The molecule has 0 saturated heterocycles. The van der Waals surface area contributed by atoms with Gasteiger partial charge in [0.15, 0.2) is 0 Å². The molecule has 0 heterocycles. The molecule has 2 aromatic rings. The molecule has 0 saturated carbocycles. The molecule has 0 radical (unpaired) electrons. The largest absolute Gasteiger partial charge is 0.206 e. The van der Waals surface area contributed by atoms with Gasteiger partial charge in [-0.1, -0.05) is 56.0 Å². The smallest absolute Gasteiger partial charge is 0.131 e. The van der Waals surface area contributed by atoms with Crippen molar-refractivity contribution in [2.24, 2.45) is 0 Å². The van der Waals surface area contributed by atoms with E-state index in [9.17, 15) is 4.39 Å². The Morgan fingerprint density at radius 2 is 1.19 bits per heavy atom. The van der Waals surface area contributed by atoms with Crippen LogP contribution in [0.25, 0.3) is 11.1 Å². The van der Waals surface area contributed by atoms with Gasteiger partial charge in [-0.2, -0.15) is 0 Å². The molecule has 0 aliphatic heterocycles. The Bertz CT molecular complexity index is 402. The van der Waals surface area contributed by atoms with Gasteiger partial charge in [0.05, 0.1) is 0 Å². The Morgan fingerprint density at radius 1 is 0.688 bits per heavy atom. The lowest BCUT2D eigenvalue weighted by Gasteiger charge is -2.01. The summed E-state index contributed by atoms with van der Waals surface area (Å²) in [5.74, 6) is -0.172. The second-order valence-corrected chi connectivity index (χ2v) is 2.85. The summed E-state index contributed by atoms with van der Waals surface area (Å²) >= 11 is 0. The summed E-state index contributed by atoms with van der Waals surface area (Å²) in [6.45, 7) is 0. The molecule has 0 unspecified atom stereocenters. The highest BCUT2D eigenvalue weighted by Gasteiger charge is 2.01. The molecule has 0 fully saturated rings. The van der Waals surface area contributed by atoms with Gasteiger partial charge in [-0.25, -0.2) is 4.39 Å². The van der Waals surface area contributed by atoms with Crippen molar-refractivity contribution in [1.82, 2.24) is 0 Å². The highest BCUT2D eigenvalue weighted by Crippen LogP contribution is 2.21. The first-order chi connectivity index (χ1) is 6.38. The summed E-state index contributed by atoms with van der Waals surface area (Å²) < 4.78 is 13.3. The normalized spacial score (nSPS) is 8.06. The molecule has 0 atom stereocenters. The number of rotatable bonds is 1. The van der Waals surface area contributed by atoms with Crippen molar-refractivity contribution in [1.29, 1.82) is 0 Å². The van der Waals surface area contributed by atoms with Crippen molar-refractivity contribution in [2.45, 2.75) is 7.43 Å². The van der Waals surface area contributed by atoms with Crippen LogP contribution in [0.4, 0.5) is 4.39 Å². The van der Waals surface area contributed by atoms with Gasteiger partial charge in [0.25, 0.3) is 0 Å². The predicted octanol–water partition coefficient (Wildman–Crippen LogP) is 4.97.